The Bertz CT molecular complexity index is 470. The van der Waals surface area contributed by atoms with Gasteiger partial charge in [-0.2, -0.15) is 0 Å². The van der Waals surface area contributed by atoms with Crippen LogP contribution in [-0.2, 0) is 0 Å². The van der Waals surface area contributed by atoms with Crippen LogP contribution in [0, 0.1) is 0 Å². The molecule has 0 atom stereocenters. The highest BCUT2D eigenvalue weighted by molar-refractivity contribution is 5.74. The molecule has 0 radical (unpaired) electrons. The lowest BCUT2D eigenvalue weighted by molar-refractivity contribution is 0.528. The van der Waals surface area contributed by atoms with E-state index in [0.717, 1.165) is 11.2 Å². The molecule has 2 aromatic rings. The van der Waals surface area contributed by atoms with Crippen LogP contribution in [0.3, 0.4) is 0 Å². The molecule has 0 aliphatic heterocycles. The Balaban J connectivity index is 2.75. The van der Waals surface area contributed by atoms with Crippen molar-refractivity contribution in [3.8, 4) is 0 Å². The zero-order chi connectivity index (χ0) is 11.0. The monoisotopic (exact) mass is 204 g/mol. The molecule has 2 rings (SSSR count). The quantitative estimate of drug-likeness (QED) is 0.755. The molecule has 80 valence electrons. The normalized spacial score (nSPS) is 11.9. The molecule has 2 aromatic heterocycles. The van der Waals surface area contributed by atoms with Crippen molar-refractivity contribution in [2.24, 2.45) is 0 Å². The number of pyridine rings is 1. The Labute approximate surface area is 89.3 Å². The highest BCUT2D eigenvalue weighted by Crippen LogP contribution is 2.24. The first-order valence-corrected chi connectivity index (χ1v) is 5.31. The maximum atomic E-state index is 4.23. The van der Waals surface area contributed by atoms with Gasteiger partial charge in [-0.3, -0.25) is 0 Å². The number of fused-ring (bicyclic) bond motifs is 1. The maximum absolute atomic E-state index is 4.23. The van der Waals surface area contributed by atoms with Crippen LogP contribution in [0.4, 0.5) is 0 Å². The Morgan fingerprint density at radius 2 is 1.93 bits per heavy atom. The molecule has 0 aromatic carbocycles. The first-order valence-electron chi connectivity index (χ1n) is 5.31. The van der Waals surface area contributed by atoms with Gasteiger partial charge in [0.25, 0.3) is 0 Å². The number of aromatic nitrogens is 4. The van der Waals surface area contributed by atoms with Crippen molar-refractivity contribution in [3.05, 3.63) is 17.8 Å². The highest BCUT2D eigenvalue weighted by Gasteiger charge is 2.14. The van der Waals surface area contributed by atoms with Crippen molar-refractivity contribution in [2.75, 3.05) is 0 Å². The molecule has 0 aliphatic carbocycles. The van der Waals surface area contributed by atoms with Crippen LogP contribution in [0.1, 0.15) is 45.2 Å². The molecule has 0 saturated carbocycles. The fraction of sp³-hybridized carbons (Fsp3) is 0.545. The van der Waals surface area contributed by atoms with E-state index in [2.05, 4.69) is 49.1 Å². The minimum absolute atomic E-state index is 0.316. The van der Waals surface area contributed by atoms with Crippen LogP contribution in [0.5, 0.6) is 0 Å². The van der Waals surface area contributed by atoms with Crippen LogP contribution in [0.2, 0.25) is 0 Å². The smallest absolute Gasteiger partial charge is 0.202 e. The lowest BCUT2D eigenvalue weighted by atomic mass is 10.0. The van der Waals surface area contributed by atoms with Gasteiger partial charge in [0.15, 0.2) is 0 Å². The molecule has 0 unspecified atom stereocenters. The van der Waals surface area contributed by atoms with E-state index in [-0.39, 0.29) is 0 Å². The van der Waals surface area contributed by atoms with Gasteiger partial charge in [-0.1, -0.05) is 19.1 Å². The molecule has 2 heterocycles. The van der Waals surface area contributed by atoms with Gasteiger partial charge in [-0.15, -0.1) is 5.10 Å². The molecular weight excluding hydrogens is 188 g/mol. The predicted molar refractivity (Wildman–Crippen MR) is 59.8 cm³/mol. The van der Waals surface area contributed by atoms with Crippen molar-refractivity contribution in [2.45, 2.75) is 39.7 Å². The molecule has 0 fully saturated rings. The molecule has 0 bridgehead atoms. The average Bonchev–Trinajstić information content (AvgIpc) is 2.60. The average molecular weight is 204 g/mol. The fourth-order valence-corrected chi connectivity index (χ4v) is 1.73. The Morgan fingerprint density at radius 3 is 2.53 bits per heavy atom. The van der Waals surface area contributed by atoms with Gasteiger partial charge in [0.05, 0.1) is 0 Å². The van der Waals surface area contributed by atoms with Crippen molar-refractivity contribution < 1.29 is 0 Å². The van der Waals surface area contributed by atoms with Gasteiger partial charge in [0.2, 0.25) is 5.65 Å². The summed E-state index contributed by atoms with van der Waals surface area (Å²) in [7, 11) is 0. The SMILES string of the molecule is CC(C)c1ccnc2nnn(C(C)C)c12. The molecule has 4 heteroatoms. The van der Waals surface area contributed by atoms with E-state index in [9.17, 15) is 0 Å². The zero-order valence-corrected chi connectivity index (χ0v) is 9.60. The van der Waals surface area contributed by atoms with Gasteiger partial charge in [0, 0.05) is 12.2 Å². The van der Waals surface area contributed by atoms with E-state index in [4.69, 9.17) is 0 Å². The summed E-state index contributed by atoms with van der Waals surface area (Å²) in [5, 5.41) is 8.23. The number of hydrogen-bond donors (Lipinski definition) is 0. The molecule has 0 aliphatic rings. The molecule has 15 heavy (non-hydrogen) atoms. The lowest BCUT2D eigenvalue weighted by Gasteiger charge is -2.11. The van der Waals surface area contributed by atoms with Gasteiger partial charge >= 0.3 is 0 Å². The second-order valence-corrected chi connectivity index (χ2v) is 4.35. The number of hydrogen-bond acceptors (Lipinski definition) is 3. The van der Waals surface area contributed by atoms with Crippen LogP contribution in [-0.4, -0.2) is 20.0 Å². The minimum atomic E-state index is 0.316. The third-order valence-electron chi connectivity index (χ3n) is 2.51. The molecule has 0 spiro atoms. The second kappa shape index (κ2) is 3.61. The van der Waals surface area contributed by atoms with E-state index in [1.54, 1.807) is 6.20 Å². The summed E-state index contributed by atoms with van der Waals surface area (Å²) in [5.74, 6) is 0.464. The summed E-state index contributed by atoms with van der Waals surface area (Å²) in [5.41, 5.74) is 3.08. The number of nitrogens with zero attached hydrogens (tertiary/aromatic N) is 4. The van der Waals surface area contributed by atoms with E-state index >= 15 is 0 Å². The molecule has 4 nitrogen and oxygen atoms in total. The summed E-state index contributed by atoms with van der Waals surface area (Å²) in [6.07, 6.45) is 1.80. The lowest BCUT2D eigenvalue weighted by Crippen LogP contribution is -2.05. The third-order valence-corrected chi connectivity index (χ3v) is 2.51. The Kier molecular flexibility index (Phi) is 2.42. The standard InChI is InChI=1S/C11H16N4/c1-7(2)9-5-6-12-11-10(9)15(8(3)4)14-13-11/h5-8H,1-4H3. The molecule has 0 saturated heterocycles. The minimum Gasteiger partial charge on any atom is -0.240 e. The summed E-state index contributed by atoms with van der Waals surface area (Å²) >= 11 is 0. The first-order chi connectivity index (χ1) is 7.11. The topological polar surface area (TPSA) is 43.6 Å². The van der Waals surface area contributed by atoms with Gasteiger partial charge in [0.1, 0.15) is 5.52 Å². The molecular formula is C11H16N4. The van der Waals surface area contributed by atoms with Crippen LogP contribution in [0.25, 0.3) is 11.2 Å². The van der Waals surface area contributed by atoms with Crippen LogP contribution < -0.4 is 0 Å². The van der Waals surface area contributed by atoms with E-state index in [1.165, 1.54) is 5.56 Å². The zero-order valence-electron chi connectivity index (χ0n) is 9.60. The van der Waals surface area contributed by atoms with Gasteiger partial charge < -0.3 is 0 Å². The summed E-state index contributed by atoms with van der Waals surface area (Å²) < 4.78 is 1.94. The predicted octanol–water partition coefficient (Wildman–Crippen LogP) is 2.53. The fourth-order valence-electron chi connectivity index (χ4n) is 1.73. The highest BCUT2D eigenvalue weighted by atomic mass is 15.4. The molecule has 0 N–H and O–H groups in total. The Morgan fingerprint density at radius 1 is 1.20 bits per heavy atom. The van der Waals surface area contributed by atoms with E-state index < -0.39 is 0 Å². The second-order valence-electron chi connectivity index (χ2n) is 4.35. The van der Waals surface area contributed by atoms with Gasteiger partial charge in [-0.05, 0) is 31.4 Å². The van der Waals surface area contributed by atoms with Crippen LogP contribution >= 0.6 is 0 Å². The third kappa shape index (κ3) is 1.60. The number of rotatable bonds is 2. The summed E-state index contributed by atoms with van der Waals surface area (Å²) in [6, 6.07) is 2.37. The van der Waals surface area contributed by atoms with Gasteiger partial charge in [-0.25, -0.2) is 9.67 Å². The van der Waals surface area contributed by atoms with Crippen molar-refractivity contribution in [1.29, 1.82) is 0 Å². The Hall–Kier alpha value is -1.45. The van der Waals surface area contributed by atoms with E-state index in [1.807, 2.05) is 4.68 Å². The van der Waals surface area contributed by atoms with Crippen molar-refractivity contribution >= 4 is 11.2 Å². The molecule has 0 amide bonds. The first kappa shape index (κ1) is 10.1. The van der Waals surface area contributed by atoms with Crippen molar-refractivity contribution in [1.82, 2.24) is 20.0 Å². The largest absolute Gasteiger partial charge is 0.240 e. The summed E-state index contributed by atoms with van der Waals surface area (Å²) in [6.45, 7) is 8.55. The van der Waals surface area contributed by atoms with Crippen LogP contribution in [0.15, 0.2) is 12.3 Å². The van der Waals surface area contributed by atoms with Crippen molar-refractivity contribution in [3.63, 3.8) is 0 Å². The maximum Gasteiger partial charge on any atom is 0.202 e. The summed E-state index contributed by atoms with van der Waals surface area (Å²) in [4.78, 5) is 4.23. The van der Waals surface area contributed by atoms with E-state index in [0.29, 0.717) is 12.0 Å².